The lowest BCUT2D eigenvalue weighted by Crippen LogP contribution is -2.35. The van der Waals surface area contributed by atoms with Gasteiger partial charge in [0.25, 0.3) is 0 Å². The van der Waals surface area contributed by atoms with Gasteiger partial charge in [-0.15, -0.1) is 17.9 Å². The fourth-order valence-electron chi connectivity index (χ4n) is 1.09. The van der Waals surface area contributed by atoms with E-state index in [1.165, 1.54) is 11.3 Å². The van der Waals surface area contributed by atoms with Crippen LogP contribution in [0.15, 0.2) is 24.2 Å². The monoisotopic (exact) mass is 225 g/mol. The molecule has 0 aromatic carbocycles. The number of carbonyl (C=O) groups excluding carboxylic acids is 1. The van der Waals surface area contributed by atoms with Gasteiger partial charge in [0, 0.05) is 18.1 Å². The van der Waals surface area contributed by atoms with Crippen LogP contribution in [0.2, 0.25) is 0 Å². The number of amides is 1. The van der Waals surface area contributed by atoms with Crippen LogP contribution < -0.4 is 10.6 Å². The lowest BCUT2D eigenvalue weighted by Gasteiger charge is -2.11. The SMILES string of the molecule is C=CCNCC(=O)NC(C)c1nccs1. The minimum Gasteiger partial charge on any atom is -0.346 e. The molecule has 0 radical (unpaired) electrons. The van der Waals surface area contributed by atoms with Crippen LogP contribution in [0.3, 0.4) is 0 Å². The minimum absolute atomic E-state index is 0.0250. The van der Waals surface area contributed by atoms with Gasteiger partial charge in [-0.3, -0.25) is 4.79 Å². The third-order valence-electron chi connectivity index (χ3n) is 1.77. The summed E-state index contributed by atoms with van der Waals surface area (Å²) in [6, 6.07) is -0.0250. The molecule has 0 aliphatic rings. The van der Waals surface area contributed by atoms with Crippen LogP contribution >= 0.6 is 11.3 Å². The molecule has 1 unspecified atom stereocenters. The molecule has 1 aromatic rings. The minimum atomic E-state index is -0.0282. The highest BCUT2D eigenvalue weighted by molar-refractivity contribution is 7.09. The van der Waals surface area contributed by atoms with Gasteiger partial charge in [0.2, 0.25) is 5.91 Å². The summed E-state index contributed by atoms with van der Waals surface area (Å²) in [6.07, 6.45) is 3.45. The topological polar surface area (TPSA) is 54.0 Å². The van der Waals surface area contributed by atoms with E-state index in [1.807, 2.05) is 12.3 Å². The third-order valence-corrected chi connectivity index (χ3v) is 2.73. The number of nitrogens with one attached hydrogen (secondary N) is 2. The van der Waals surface area contributed by atoms with Gasteiger partial charge in [0.15, 0.2) is 0 Å². The van der Waals surface area contributed by atoms with Crippen molar-refractivity contribution in [2.75, 3.05) is 13.1 Å². The van der Waals surface area contributed by atoms with Crippen LogP contribution in [0, 0.1) is 0 Å². The van der Waals surface area contributed by atoms with Crippen molar-refractivity contribution in [3.63, 3.8) is 0 Å². The van der Waals surface area contributed by atoms with E-state index in [4.69, 9.17) is 0 Å². The predicted octanol–water partition coefficient (Wildman–Crippen LogP) is 1.10. The van der Waals surface area contributed by atoms with Crippen molar-refractivity contribution < 1.29 is 4.79 Å². The van der Waals surface area contributed by atoms with Crippen molar-refractivity contribution in [1.82, 2.24) is 15.6 Å². The second-order valence-electron chi connectivity index (χ2n) is 3.08. The van der Waals surface area contributed by atoms with E-state index in [0.29, 0.717) is 13.1 Å². The highest BCUT2D eigenvalue weighted by atomic mass is 32.1. The lowest BCUT2D eigenvalue weighted by atomic mass is 10.3. The van der Waals surface area contributed by atoms with Crippen LogP contribution in [-0.2, 0) is 4.79 Å². The summed E-state index contributed by atoms with van der Waals surface area (Å²) in [6.45, 7) is 6.42. The van der Waals surface area contributed by atoms with E-state index in [-0.39, 0.29) is 11.9 Å². The zero-order chi connectivity index (χ0) is 11.1. The van der Waals surface area contributed by atoms with Gasteiger partial charge in [-0.25, -0.2) is 4.98 Å². The molecule has 0 saturated carbocycles. The molecular formula is C10H15N3OS. The van der Waals surface area contributed by atoms with E-state index in [1.54, 1.807) is 12.3 Å². The molecule has 82 valence electrons. The van der Waals surface area contributed by atoms with Crippen molar-refractivity contribution in [2.45, 2.75) is 13.0 Å². The Balaban J connectivity index is 2.28. The van der Waals surface area contributed by atoms with Gasteiger partial charge < -0.3 is 10.6 Å². The normalized spacial score (nSPS) is 12.1. The Bertz CT molecular complexity index is 310. The average Bonchev–Trinajstić information content (AvgIpc) is 2.70. The first kappa shape index (κ1) is 11.9. The molecule has 2 N–H and O–H groups in total. The van der Waals surface area contributed by atoms with Gasteiger partial charge in [-0.2, -0.15) is 0 Å². The van der Waals surface area contributed by atoms with E-state index in [2.05, 4.69) is 22.2 Å². The number of aromatic nitrogens is 1. The Labute approximate surface area is 93.4 Å². The summed E-state index contributed by atoms with van der Waals surface area (Å²) in [7, 11) is 0. The lowest BCUT2D eigenvalue weighted by molar-refractivity contribution is -0.120. The molecule has 15 heavy (non-hydrogen) atoms. The van der Waals surface area contributed by atoms with Gasteiger partial charge in [0.05, 0.1) is 12.6 Å². The number of carbonyl (C=O) groups is 1. The summed E-state index contributed by atoms with van der Waals surface area (Å²) < 4.78 is 0. The number of nitrogens with zero attached hydrogens (tertiary/aromatic N) is 1. The molecule has 0 saturated heterocycles. The number of rotatable bonds is 6. The van der Waals surface area contributed by atoms with Crippen LogP contribution in [0.4, 0.5) is 0 Å². The van der Waals surface area contributed by atoms with Gasteiger partial charge in [0.1, 0.15) is 5.01 Å². The maximum absolute atomic E-state index is 11.4. The number of hydrogen-bond donors (Lipinski definition) is 2. The first-order valence-corrected chi connectivity index (χ1v) is 5.62. The van der Waals surface area contributed by atoms with E-state index in [0.717, 1.165) is 5.01 Å². The molecule has 1 aromatic heterocycles. The molecule has 5 heteroatoms. The van der Waals surface area contributed by atoms with E-state index in [9.17, 15) is 4.79 Å². The molecule has 0 spiro atoms. The fourth-order valence-corrected chi connectivity index (χ4v) is 1.74. The van der Waals surface area contributed by atoms with Crippen molar-refractivity contribution in [3.05, 3.63) is 29.2 Å². The molecular weight excluding hydrogens is 210 g/mol. The van der Waals surface area contributed by atoms with Crippen molar-refractivity contribution in [1.29, 1.82) is 0 Å². The fraction of sp³-hybridized carbons (Fsp3) is 0.400. The smallest absolute Gasteiger partial charge is 0.234 e. The van der Waals surface area contributed by atoms with Crippen LogP contribution in [-0.4, -0.2) is 24.0 Å². The van der Waals surface area contributed by atoms with Gasteiger partial charge >= 0.3 is 0 Å². The van der Waals surface area contributed by atoms with Gasteiger partial charge in [-0.05, 0) is 6.92 Å². The standard InChI is InChI=1S/C10H15N3OS/c1-3-4-11-7-9(14)13-8(2)10-12-5-6-15-10/h3,5-6,8,11H,1,4,7H2,2H3,(H,13,14). The number of thiazole rings is 1. The Morgan fingerprint density at radius 3 is 3.20 bits per heavy atom. The number of hydrogen-bond acceptors (Lipinski definition) is 4. The first-order valence-electron chi connectivity index (χ1n) is 4.74. The third kappa shape index (κ3) is 4.22. The van der Waals surface area contributed by atoms with E-state index < -0.39 is 0 Å². The largest absolute Gasteiger partial charge is 0.346 e. The summed E-state index contributed by atoms with van der Waals surface area (Å²) in [4.78, 5) is 15.5. The van der Waals surface area contributed by atoms with Gasteiger partial charge in [-0.1, -0.05) is 6.08 Å². The molecule has 0 fully saturated rings. The summed E-state index contributed by atoms with van der Waals surface area (Å²) in [5, 5.41) is 8.61. The van der Waals surface area contributed by atoms with Crippen LogP contribution in [0.1, 0.15) is 18.0 Å². The van der Waals surface area contributed by atoms with Crippen molar-refractivity contribution >= 4 is 17.2 Å². The highest BCUT2D eigenvalue weighted by Crippen LogP contribution is 2.13. The molecule has 0 bridgehead atoms. The Hall–Kier alpha value is -1.20. The molecule has 1 rings (SSSR count). The molecule has 4 nitrogen and oxygen atoms in total. The summed E-state index contributed by atoms with van der Waals surface area (Å²) >= 11 is 1.54. The zero-order valence-electron chi connectivity index (χ0n) is 8.69. The first-order chi connectivity index (χ1) is 7.24. The second kappa shape index (κ2) is 6.31. The molecule has 0 aliphatic heterocycles. The van der Waals surface area contributed by atoms with E-state index >= 15 is 0 Å². The predicted molar refractivity (Wildman–Crippen MR) is 61.7 cm³/mol. The maximum atomic E-state index is 11.4. The van der Waals surface area contributed by atoms with Crippen LogP contribution in [0.5, 0.6) is 0 Å². The molecule has 1 amide bonds. The quantitative estimate of drug-likeness (QED) is 0.563. The Morgan fingerprint density at radius 2 is 2.60 bits per heavy atom. The van der Waals surface area contributed by atoms with Crippen molar-refractivity contribution in [2.24, 2.45) is 0 Å². The Kier molecular flexibility index (Phi) is 5.00. The summed E-state index contributed by atoms with van der Waals surface area (Å²) in [5.74, 6) is -0.0282. The average molecular weight is 225 g/mol. The molecule has 1 heterocycles. The second-order valence-corrected chi connectivity index (χ2v) is 4.01. The maximum Gasteiger partial charge on any atom is 0.234 e. The molecule has 0 aliphatic carbocycles. The van der Waals surface area contributed by atoms with Crippen LogP contribution in [0.25, 0.3) is 0 Å². The zero-order valence-corrected chi connectivity index (χ0v) is 9.51. The Morgan fingerprint density at radius 1 is 1.80 bits per heavy atom. The highest BCUT2D eigenvalue weighted by Gasteiger charge is 2.10. The summed E-state index contributed by atoms with van der Waals surface area (Å²) in [5.41, 5.74) is 0. The van der Waals surface area contributed by atoms with Crippen molar-refractivity contribution in [3.8, 4) is 0 Å². The molecule has 1 atom stereocenters.